The van der Waals surface area contributed by atoms with Crippen LogP contribution >= 0.6 is 34.7 Å². The predicted molar refractivity (Wildman–Crippen MR) is 123 cm³/mol. The fraction of sp³-hybridized carbons (Fsp3) is 0.238. The van der Waals surface area contributed by atoms with Crippen LogP contribution in [0.25, 0.3) is 0 Å². The Kier molecular flexibility index (Phi) is 7.47. The van der Waals surface area contributed by atoms with E-state index in [-0.39, 0.29) is 23.5 Å². The van der Waals surface area contributed by atoms with Crippen LogP contribution in [0.5, 0.6) is 0 Å². The van der Waals surface area contributed by atoms with Crippen LogP contribution in [0.15, 0.2) is 46.8 Å². The van der Waals surface area contributed by atoms with E-state index in [1.807, 2.05) is 44.2 Å². The Balaban J connectivity index is 1.56. The molecule has 0 saturated carbocycles. The quantitative estimate of drug-likeness (QED) is 0.345. The van der Waals surface area contributed by atoms with Crippen LogP contribution in [0, 0.1) is 6.92 Å². The van der Waals surface area contributed by atoms with E-state index in [0.29, 0.717) is 20.1 Å². The highest BCUT2D eigenvalue weighted by Crippen LogP contribution is 2.31. The van der Waals surface area contributed by atoms with Gasteiger partial charge in [-0.15, -0.1) is 10.2 Å². The summed E-state index contributed by atoms with van der Waals surface area (Å²) in [4.78, 5) is 23.7. The highest BCUT2D eigenvalue weighted by atomic mass is 35.5. The molecule has 2 aromatic carbocycles. The molecule has 30 heavy (non-hydrogen) atoms. The second-order valence-corrected chi connectivity index (χ2v) is 9.27. The summed E-state index contributed by atoms with van der Waals surface area (Å²) in [5.41, 5.74) is 3.39. The minimum atomic E-state index is -0.100. The van der Waals surface area contributed by atoms with Gasteiger partial charge >= 0.3 is 0 Å². The number of nitrogens with zero attached hydrogens (tertiary/aromatic N) is 2. The maximum atomic E-state index is 12.5. The normalized spacial score (nSPS) is 11.7. The van der Waals surface area contributed by atoms with Crippen molar-refractivity contribution in [3.8, 4) is 0 Å². The maximum Gasteiger partial charge on any atom is 0.217 e. The molecule has 0 saturated heterocycles. The van der Waals surface area contributed by atoms with Crippen LogP contribution in [-0.2, 0) is 4.79 Å². The number of nitrogens with one attached hydrogen (secondary N) is 2. The number of benzene rings is 2. The number of rotatable bonds is 8. The first kappa shape index (κ1) is 22.3. The van der Waals surface area contributed by atoms with E-state index in [0.717, 1.165) is 16.8 Å². The van der Waals surface area contributed by atoms with Gasteiger partial charge in [-0.1, -0.05) is 65.0 Å². The minimum Gasteiger partial charge on any atom is -0.350 e. The third-order valence-electron chi connectivity index (χ3n) is 4.39. The van der Waals surface area contributed by atoms with E-state index in [1.54, 1.807) is 12.1 Å². The lowest BCUT2D eigenvalue weighted by molar-refractivity contribution is -0.119. The van der Waals surface area contributed by atoms with Crippen LogP contribution < -0.4 is 10.6 Å². The van der Waals surface area contributed by atoms with Gasteiger partial charge in [-0.25, -0.2) is 0 Å². The fourth-order valence-electron chi connectivity index (χ4n) is 2.73. The summed E-state index contributed by atoms with van der Waals surface area (Å²) in [7, 11) is 0. The molecule has 0 aliphatic heterocycles. The van der Waals surface area contributed by atoms with Gasteiger partial charge in [0.15, 0.2) is 10.1 Å². The Labute approximate surface area is 188 Å². The van der Waals surface area contributed by atoms with E-state index in [2.05, 4.69) is 20.8 Å². The molecular formula is C21H21ClN4O2S2. The van der Waals surface area contributed by atoms with Crippen LogP contribution in [-0.4, -0.2) is 27.6 Å². The molecule has 9 heteroatoms. The average Bonchev–Trinajstić information content (AvgIpc) is 3.16. The molecule has 0 aliphatic rings. The largest absolute Gasteiger partial charge is 0.350 e. The molecule has 0 bridgehead atoms. The first-order valence-corrected chi connectivity index (χ1v) is 11.4. The van der Waals surface area contributed by atoms with Crippen molar-refractivity contribution in [2.24, 2.45) is 0 Å². The summed E-state index contributed by atoms with van der Waals surface area (Å²) in [5, 5.41) is 15.6. The van der Waals surface area contributed by atoms with Crippen molar-refractivity contribution in [3.63, 3.8) is 0 Å². The Hall–Kier alpha value is -2.42. The van der Waals surface area contributed by atoms with E-state index in [1.165, 1.54) is 30.0 Å². The van der Waals surface area contributed by atoms with Gasteiger partial charge in [0, 0.05) is 23.2 Å². The van der Waals surface area contributed by atoms with Crippen LogP contribution in [0.4, 0.5) is 10.8 Å². The van der Waals surface area contributed by atoms with Crippen molar-refractivity contribution in [3.05, 3.63) is 64.2 Å². The standard InChI is InChI=1S/C21H21ClN4O2S2/c1-12-17(22)5-4-6-18(12)24-20-25-26-21(30-20)29-11-19(28)16-9-7-15(8-10-16)13(2)23-14(3)27/h4-10,13H,11H2,1-3H3,(H,23,27)(H,24,25). The molecule has 0 radical (unpaired) electrons. The summed E-state index contributed by atoms with van der Waals surface area (Å²) in [6, 6.07) is 12.8. The predicted octanol–water partition coefficient (Wildman–Crippen LogP) is 5.42. The van der Waals surface area contributed by atoms with Crippen molar-refractivity contribution in [2.45, 2.75) is 31.2 Å². The minimum absolute atomic E-state index is 0.00845. The number of hydrogen-bond acceptors (Lipinski definition) is 7. The topological polar surface area (TPSA) is 84.0 Å². The van der Waals surface area contributed by atoms with Gasteiger partial charge in [-0.2, -0.15) is 0 Å². The third-order valence-corrected chi connectivity index (χ3v) is 6.78. The number of ketones is 1. The maximum absolute atomic E-state index is 12.5. The second kappa shape index (κ2) is 10.1. The lowest BCUT2D eigenvalue weighted by Gasteiger charge is -2.13. The Morgan fingerprint density at radius 2 is 1.90 bits per heavy atom. The van der Waals surface area contributed by atoms with Gasteiger partial charge in [0.25, 0.3) is 0 Å². The van der Waals surface area contributed by atoms with Gasteiger partial charge in [0.2, 0.25) is 11.0 Å². The Bertz CT molecular complexity index is 1050. The zero-order valence-electron chi connectivity index (χ0n) is 16.7. The van der Waals surface area contributed by atoms with E-state index >= 15 is 0 Å². The molecule has 0 aliphatic carbocycles. The molecule has 3 aromatic rings. The summed E-state index contributed by atoms with van der Waals surface area (Å²) in [5.74, 6) is 0.190. The summed E-state index contributed by atoms with van der Waals surface area (Å²) in [6.07, 6.45) is 0. The lowest BCUT2D eigenvalue weighted by atomic mass is 10.0. The number of aromatic nitrogens is 2. The monoisotopic (exact) mass is 460 g/mol. The van der Waals surface area contributed by atoms with Crippen LogP contribution in [0.1, 0.15) is 41.4 Å². The van der Waals surface area contributed by atoms with E-state index < -0.39 is 0 Å². The molecule has 2 N–H and O–H groups in total. The Morgan fingerprint density at radius 1 is 1.17 bits per heavy atom. The van der Waals surface area contributed by atoms with Crippen molar-refractivity contribution in [2.75, 3.05) is 11.1 Å². The molecule has 156 valence electrons. The van der Waals surface area contributed by atoms with Crippen molar-refractivity contribution in [1.82, 2.24) is 15.5 Å². The molecule has 0 fully saturated rings. The number of Topliss-reactive ketones (excluding diaryl/α,β-unsaturated/α-hetero) is 1. The van der Waals surface area contributed by atoms with Gasteiger partial charge in [-0.05, 0) is 37.1 Å². The number of anilines is 2. The lowest BCUT2D eigenvalue weighted by Crippen LogP contribution is -2.23. The van der Waals surface area contributed by atoms with Gasteiger partial charge in [0.1, 0.15) is 0 Å². The Morgan fingerprint density at radius 3 is 2.60 bits per heavy atom. The van der Waals surface area contributed by atoms with Gasteiger partial charge in [-0.3, -0.25) is 9.59 Å². The zero-order valence-corrected chi connectivity index (χ0v) is 19.1. The number of amides is 1. The van der Waals surface area contributed by atoms with Crippen LogP contribution in [0.3, 0.4) is 0 Å². The SMILES string of the molecule is CC(=O)NC(C)c1ccc(C(=O)CSc2nnc(Nc3cccc(Cl)c3C)s2)cc1. The molecule has 0 spiro atoms. The molecule has 1 aromatic heterocycles. The molecule has 1 atom stereocenters. The van der Waals surface area contributed by atoms with Gasteiger partial charge in [0.05, 0.1) is 11.8 Å². The molecule has 1 amide bonds. The van der Waals surface area contributed by atoms with Crippen molar-refractivity contribution in [1.29, 1.82) is 0 Å². The summed E-state index contributed by atoms with van der Waals surface area (Å²) >= 11 is 8.88. The summed E-state index contributed by atoms with van der Waals surface area (Å²) < 4.78 is 0.710. The third kappa shape index (κ3) is 5.81. The molecule has 3 rings (SSSR count). The van der Waals surface area contributed by atoms with Crippen LogP contribution in [0.2, 0.25) is 5.02 Å². The number of carbonyl (C=O) groups excluding carboxylic acids is 2. The first-order valence-electron chi connectivity index (χ1n) is 9.22. The van der Waals surface area contributed by atoms with E-state index in [4.69, 9.17) is 11.6 Å². The average molecular weight is 461 g/mol. The molecule has 1 heterocycles. The highest BCUT2D eigenvalue weighted by Gasteiger charge is 2.13. The van der Waals surface area contributed by atoms with E-state index in [9.17, 15) is 9.59 Å². The zero-order chi connectivity index (χ0) is 21.7. The second-order valence-electron chi connectivity index (χ2n) is 6.67. The molecular weight excluding hydrogens is 440 g/mol. The number of thioether (sulfide) groups is 1. The van der Waals surface area contributed by atoms with Crippen molar-refractivity contribution >= 4 is 57.2 Å². The molecule has 6 nitrogen and oxygen atoms in total. The molecule has 1 unspecified atom stereocenters. The number of halogens is 1. The number of hydrogen-bond donors (Lipinski definition) is 2. The van der Waals surface area contributed by atoms with Crippen molar-refractivity contribution < 1.29 is 9.59 Å². The van der Waals surface area contributed by atoms with Gasteiger partial charge < -0.3 is 10.6 Å². The summed E-state index contributed by atoms with van der Waals surface area (Å²) in [6.45, 7) is 5.32. The highest BCUT2D eigenvalue weighted by molar-refractivity contribution is 8.01. The smallest absolute Gasteiger partial charge is 0.217 e. The fourth-order valence-corrected chi connectivity index (χ4v) is 4.57. The first-order chi connectivity index (χ1) is 14.3. The number of carbonyl (C=O) groups is 2.